The molecule has 0 aromatic rings. The number of carbonyl (C=O) groups is 5. The Kier molecular flexibility index (Phi) is 11.9. The number of hydrogen-bond acceptors (Lipinski definition) is 7. The molecule has 1 rings (SSSR count). The van der Waals surface area contributed by atoms with Crippen LogP contribution in [0.1, 0.15) is 52.4 Å². The summed E-state index contributed by atoms with van der Waals surface area (Å²) in [5.74, 6) is -4.35. The van der Waals surface area contributed by atoms with Gasteiger partial charge < -0.3 is 43.6 Å². The van der Waals surface area contributed by atoms with Gasteiger partial charge in [-0.1, -0.05) is 20.3 Å². The lowest BCUT2D eigenvalue weighted by atomic mass is 9.98. The lowest BCUT2D eigenvalue weighted by Gasteiger charge is -2.30. The number of amides is 4. The minimum Gasteiger partial charge on any atom is -0.480 e. The first-order valence-electron chi connectivity index (χ1n) is 11.6. The van der Waals surface area contributed by atoms with Crippen molar-refractivity contribution >= 4 is 35.6 Å². The van der Waals surface area contributed by atoms with E-state index in [0.29, 0.717) is 25.7 Å². The van der Waals surface area contributed by atoms with Gasteiger partial charge in [-0.3, -0.25) is 24.2 Å². The Labute approximate surface area is 204 Å². The van der Waals surface area contributed by atoms with E-state index in [1.807, 2.05) is 0 Å². The highest BCUT2D eigenvalue weighted by Gasteiger charge is 2.40. The molecule has 4 amide bonds. The Morgan fingerprint density at radius 2 is 1.80 bits per heavy atom. The number of primary amides is 1. The molecule has 0 aromatic carbocycles. The summed E-state index contributed by atoms with van der Waals surface area (Å²) < 4.78 is 0. The van der Waals surface area contributed by atoms with Gasteiger partial charge in [-0.15, -0.1) is 0 Å². The van der Waals surface area contributed by atoms with E-state index in [2.05, 4.69) is 15.6 Å². The average Bonchev–Trinajstić information content (AvgIpc) is 3.27. The predicted octanol–water partition coefficient (Wildman–Crippen LogP) is -2.67. The van der Waals surface area contributed by atoms with Crippen LogP contribution in [0.3, 0.4) is 0 Å². The quantitative estimate of drug-likeness (QED) is 0.0748. The molecule has 35 heavy (non-hydrogen) atoms. The van der Waals surface area contributed by atoms with Gasteiger partial charge in [0.15, 0.2) is 5.96 Å². The van der Waals surface area contributed by atoms with Crippen LogP contribution in [0.2, 0.25) is 0 Å². The zero-order valence-corrected chi connectivity index (χ0v) is 20.2. The first-order chi connectivity index (χ1) is 16.4. The van der Waals surface area contributed by atoms with Crippen LogP contribution < -0.4 is 33.6 Å². The highest BCUT2D eigenvalue weighted by molar-refractivity contribution is 5.96. The van der Waals surface area contributed by atoms with E-state index in [-0.39, 0.29) is 31.4 Å². The van der Waals surface area contributed by atoms with Crippen LogP contribution in [0, 0.1) is 5.92 Å². The van der Waals surface area contributed by atoms with Crippen molar-refractivity contribution in [3.63, 3.8) is 0 Å². The van der Waals surface area contributed by atoms with Gasteiger partial charge in [0.2, 0.25) is 23.6 Å². The van der Waals surface area contributed by atoms with E-state index in [1.54, 1.807) is 13.8 Å². The van der Waals surface area contributed by atoms with Crippen molar-refractivity contribution < 1.29 is 29.1 Å². The minimum atomic E-state index is -1.32. The molecule has 1 aliphatic heterocycles. The molecule has 1 heterocycles. The van der Waals surface area contributed by atoms with Crippen molar-refractivity contribution in [2.24, 2.45) is 33.8 Å². The second-order valence-electron chi connectivity index (χ2n) is 8.69. The first-order valence-corrected chi connectivity index (χ1v) is 11.6. The van der Waals surface area contributed by atoms with Crippen LogP contribution in [-0.4, -0.2) is 82.8 Å². The molecule has 0 radical (unpaired) electrons. The Bertz CT molecular complexity index is 816. The molecule has 0 aliphatic carbocycles. The topological polar surface area (TPSA) is 249 Å². The van der Waals surface area contributed by atoms with Crippen LogP contribution in [0.15, 0.2) is 4.99 Å². The first kappa shape index (κ1) is 29.6. The van der Waals surface area contributed by atoms with Gasteiger partial charge in [-0.05, 0) is 31.6 Å². The second kappa shape index (κ2) is 14.1. The van der Waals surface area contributed by atoms with Crippen LogP contribution in [0.4, 0.5) is 0 Å². The molecule has 1 saturated heterocycles. The maximum absolute atomic E-state index is 13.2. The number of likely N-dealkylation sites (tertiary alicyclic amines) is 1. The van der Waals surface area contributed by atoms with Crippen molar-refractivity contribution in [2.45, 2.75) is 76.5 Å². The fourth-order valence-corrected chi connectivity index (χ4v) is 3.77. The zero-order chi connectivity index (χ0) is 26.7. The summed E-state index contributed by atoms with van der Waals surface area (Å²) in [5, 5.41) is 14.4. The molecule has 14 nitrogen and oxygen atoms in total. The molecular weight excluding hydrogens is 460 g/mol. The fourth-order valence-electron chi connectivity index (χ4n) is 3.77. The predicted molar refractivity (Wildman–Crippen MR) is 127 cm³/mol. The number of aliphatic carboxylic acids is 1. The number of guanidine groups is 1. The van der Waals surface area contributed by atoms with Gasteiger partial charge in [-0.2, -0.15) is 0 Å². The van der Waals surface area contributed by atoms with E-state index in [4.69, 9.17) is 22.9 Å². The molecule has 0 bridgehead atoms. The van der Waals surface area contributed by atoms with E-state index in [9.17, 15) is 29.1 Å². The summed E-state index contributed by atoms with van der Waals surface area (Å²) in [6, 6.07) is -4.35. The second-order valence-corrected chi connectivity index (χ2v) is 8.69. The lowest BCUT2D eigenvalue weighted by Crippen LogP contribution is -2.58. The van der Waals surface area contributed by atoms with Gasteiger partial charge in [-0.25, -0.2) is 4.79 Å². The third kappa shape index (κ3) is 9.39. The van der Waals surface area contributed by atoms with E-state index in [0.717, 1.165) is 0 Å². The summed E-state index contributed by atoms with van der Waals surface area (Å²) >= 11 is 0. The number of nitrogens with zero attached hydrogens (tertiary/aromatic N) is 2. The molecule has 1 fully saturated rings. The highest BCUT2D eigenvalue weighted by Crippen LogP contribution is 2.20. The molecule has 1 aliphatic rings. The maximum atomic E-state index is 13.2. The van der Waals surface area contributed by atoms with Crippen LogP contribution >= 0.6 is 0 Å². The molecule has 11 N–H and O–H groups in total. The average molecular weight is 499 g/mol. The number of nitrogens with one attached hydrogen (secondary N) is 2. The maximum Gasteiger partial charge on any atom is 0.326 e. The smallest absolute Gasteiger partial charge is 0.326 e. The Morgan fingerprint density at radius 1 is 1.14 bits per heavy atom. The van der Waals surface area contributed by atoms with Crippen LogP contribution in [-0.2, 0) is 24.0 Å². The zero-order valence-electron chi connectivity index (χ0n) is 20.2. The van der Waals surface area contributed by atoms with Crippen molar-refractivity contribution in [1.82, 2.24) is 15.5 Å². The lowest BCUT2D eigenvalue weighted by molar-refractivity contribution is -0.146. The number of hydrogen-bond donors (Lipinski definition) is 7. The molecule has 0 aromatic heterocycles. The van der Waals surface area contributed by atoms with Crippen molar-refractivity contribution in [2.75, 3.05) is 13.1 Å². The summed E-state index contributed by atoms with van der Waals surface area (Å²) in [6.45, 7) is 3.98. The molecule has 198 valence electrons. The Morgan fingerprint density at radius 3 is 2.34 bits per heavy atom. The number of carboxylic acid groups (broad SMARTS) is 1. The Hall–Kier alpha value is -3.42. The van der Waals surface area contributed by atoms with Gasteiger partial charge in [0.1, 0.15) is 18.1 Å². The Balaban J connectivity index is 2.90. The molecule has 0 saturated carbocycles. The van der Waals surface area contributed by atoms with Gasteiger partial charge in [0, 0.05) is 13.1 Å². The molecule has 5 atom stereocenters. The van der Waals surface area contributed by atoms with E-state index in [1.165, 1.54) is 4.90 Å². The minimum absolute atomic E-state index is 0.0850. The van der Waals surface area contributed by atoms with Crippen LogP contribution in [0.5, 0.6) is 0 Å². The van der Waals surface area contributed by atoms with E-state index >= 15 is 0 Å². The normalized spacial score (nSPS) is 18.6. The molecule has 14 heteroatoms. The summed E-state index contributed by atoms with van der Waals surface area (Å²) in [7, 11) is 0. The number of nitrogens with two attached hydrogens (primary N) is 4. The fraction of sp³-hybridized carbons (Fsp3) is 0.714. The van der Waals surface area contributed by atoms with Gasteiger partial charge in [0.05, 0.1) is 12.5 Å². The number of carboxylic acids is 1. The molecular formula is C21H38N8O6. The molecule has 5 unspecified atom stereocenters. The number of aliphatic imine (C=N–C) groups is 1. The third-order valence-electron chi connectivity index (χ3n) is 5.94. The number of rotatable bonds is 14. The van der Waals surface area contributed by atoms with E-state index < -0.39 is 60.2 Å². The highest BCUT2D eigenvalue weighted by atomic mass is 16.4. The van der Waals surface area contributed by atoms with Crippen LogP contribution in [0.25, 0.3) is 0 Å². The van der Waals surface area contributed by atoms with Crippen molar-refractivity contribution in [1.29, 1.82) is 0 Å². The van der Waals surface area contributed by atoms with Gasteiger partial charge >= 0.3 is 5.97 Å². The SMILES string of the molecule is CCC(C)C(NC(=O)C1CCCN1C(=O)C(CC(N)=O)NC(=O)C(N)CCCN=C(N)N)C(=O)O. The van der Waals surface area contributed by atoms with Crippen molar-refractivity contribution in [3.05, 3.63) is 0 Å². The monoisotopic (exact) mass is 498 g/mol. The summed E-state index contributed by atoms with van der Waals surface area (Å²) in [6.07, 6.45) is 1.49. The molecule has 0 spiro atoms. The third-order valence-corrected chi connectivity index (χ3v) is 5.94. The van der Waals surface area contributed by atoms with Crippen molar-refractivity contribution in [3.8, 4) is 0 Å². The largest absolute Gasteiger partial charge is 0.480 e. The summed E-state index contributed by atoms with van der Waals surface area (Å²) in [5.41, 5.74) is 21.6. The number of carbonyl (C=O) groups excluding carboxylic acids is 4. The summed E-state index contributed by atoms with van der Waals surface area (Å²) in [4.78, 5) is 66.8. The standard InChI is InChI=1S/C21H38N8O6/c1-3-11(2)16(20(34)35)28-18(32)14-7-5-9-29(14)19(33)13(10-15(23)30)27-17(31)12(22)6-4-8-26-21(24)25/h11-14,16H,3-10,22H2,1-2H3,(H2,23,30)(H,27,31)(H,28,32)(H,34,35)(H4,24,25,26). The van der Waals surface area contributed by atoms with Gasteiger partial charge in [0.25, 0.3) is 0 Å².